The van der Waals surface area contributed by atoms with E-state index in [0.29, 0.717) is 22.6 Å². The van der Waals surface area contributed by atoms with Crippen LogP contribution in [0.25, 0.3) is 6.08 Å². The first-order valence-corrected chi connectivity index (χ1v) is 7.22. The summed E-state index contributed by atoms with van der Waals surface area (Å²) in [6.07, 6.45) is 2.93. The van der Waals surface area contributed by atoms with Crippen LogP contribution >= 0.6 is 0 Å². The van der Waals surface area contributed by atoms with E-state index in [1.807, 2.05) is 12.1 Å². The van der Waals surface area contributed by atoms with Gasteiger partial charge in [0.05, 0.1) is 25.9 Å². The van der Waals surface area contributed by atoms with E-state index in [9.17, 15) is 4.79 Å². The number of esters is 1. The summed E-state index contributed by atoms with van der Waals surface area (Å²) in [6.45, 7) is 0.105. The Balaban J connectivity index is 2.02. The monoisotopic (exact) mass is 323 g/mol. The molecule has 0 unspecified atom stereocenters. The van der Waals surface area contributed by atoms with Gasteiger partial charge in [-0.3, -0.25) is 0 Å². The Bertz CT molecular complexity index is 790. The van der Waals surface area contributed by atoms with Gasteiger partial charge in [-0.15, -0.1) is 0 Å². The van der Waals surface area contributed by atoms with Gasteiger partial charge in [-0.1, -0.05) is 24.3 Å². The number of carbonyl (C=O) groups excluding carboxylic acids is 1. The Morgan fingerprint density at radius 3 is 2.67 bits per heavy atom. The van der Waals surface area contributed by atoms with E-state index >= 15 is 0 Å². The van der Waals surface area contributed by atoms with Crippen LogP contribution < -0.4 is 9.47 Å². The van der Waals surface area contributed by atoms with Gasteiger partial charge in [-0.2, -0.15) is 5.26 Å². The highest BCUT2D eigenvalue weighted by Crippen LogP contribution is 2.31. The number of carbonyl (C=O) groups is 1. The fourth-order valence-electron chi connectivity index (χ4n) is 2.13. The summed E-state index contributed by atoms with van der Waals surface area (Å²) in [5, 5.41) is 8.85. The number of rotatable bonds is 6. The fourth-order valence-corrected chi connectivity index (χ4v) is 2.13. The second kappa shape index (κ2) is 8.39. The van der Waals surface area contributed by atoms with Gasteiger partial charge in [0.1, 0.15) is 6.61 Å². The standard InChI is InChI=1S/C19H17NO4/c1-22-17-8-4-7-16(19(17)23-2)9-10-18(21)24-13-15-6-3-5-14(11-15)12-20/h3-11H,13H2,1-2H3/b10-9+. The van der Waals surface area contributed by atoms with Gasteiger partial charge in [0, 0.05) is 11.6 Å². The lowest BCUT2D eigenvalue weighted by molar-refractivity contribution is -0.138. The minimum absolute atomic E-state index is 0.105. The molecule has 5 heteroatoms. The van der Waals surface area contributed by atoms with Crippen molar-refractivity contribution < 1.29 is 19.0 Å². The van der Waals surface area contributed by atoms with E-state index in [1.54, 1.807) is 49.6 Å². The number of nitriles is 1. The van der Waals surface area contributed by atoms with Gasteiger partial charge in [-0.25, -0.2) is 4.79 Å². The van der Waals surface area contributed by atoms with E-state index < -0.39 is 5.97 Å². The average Bonchev–Trinajstić information content (AvgIpc) is 2.64. The minimum atomic E-state index is -0.484. The molecule has 2 rings (SSSR count). The van der Waals surface area contributed by atoms with Gasteiger partial charge in [0.2, 0.25) is 0 Å². The molecule has 0 N–H and O–H groups in total. The largest absolute Gasteiger partial charge is 0.493 e. The Kier molecular flexibility index (Phi) is 5.98. The van der Waals surface area contributed by atoms with Crippen molar-refractivity contribution in [3.8, 4) is 17.6 Å². The van der Waals surface area contributed by atoms with Gasteiger partial charge < -0.3 is 14.2 Å². The summed E-state index contributed by atoms with van der Waals surface area (Å²) in [5.41, 5.74) is 2.00. The zero-order chi connectivity index (χ0) is 17.4. The van der Waals surface area contributed by atoms with E-state index in [1.165, 1.54) is 13.2 Å². The second-order valence-corrected chi connectivity index (χ2v) is 4.84. The quantitative estimate of drug-likeness (QED) is 0.602. The molecule has 0 aromatic heterocycles. The third-order valence-corrected chi connectivity index (χ3v) is 3.27. The smallest absolute Gasteiger partial charge is 0.331 e. The summed E-state index contributed by atoms with van der Waals surface area (Å²) in [7, 11) is 3.09. The molecule has 0 aliphatic heterocycles. The number of hydrogen-bond donors (Lipinski definition) is 0. The van der Waals surface area contributed by atoms with Crippen LogP contribution in [0.1, 0.15) is 16.7 Å². The summed E-state index contributed by atoms with van der Waals surface area (Å²) in [6, 6.07) is 14.4. The molecular formula is C19H17NO4. The van der Waals surface area contributed by atoms with Gasteiger partial charge in [0.25, 0.3) is 0 Å². The maximum atomic E-state index is 11.9. The lowest BCUT2D eigenvalue weighted by Crippen LogP contribution is -2.01. The third-order valence-electron chi connectivity index (χ3n) is 3.27. The number of methoxy groups -OCH3 is 2. The maximum absolute atomic E-state index is 11.9. The van der Waals surface area contributed by atoms with Gasteiger partial charge in [0.15, 0.2) is 11.5 Å². The van der Waals surface area contributed by atoms with Crippen molar-refractivity contribution in [1.29, 1.82) is 5.26 Å². The van der Waals surface area contributed by atoms with Crippen LogP contribution in [0.2, 0.25) is 0 Å². The molecule has 24 heavy (non-hydrogen) atoms. The van der Waals surface area contributed by atoms with Crippen molar-refractivity contribution in [2.75, 3.05) is 14.2 Å². The molecule has 0 amide bonds. The molecule has 0 radical (unpaired) electrons. The molecule has 0 heterocycles. The van der Waals surface area contributed by atoms with Crippen LogP contribution in [0, 0.1) is 11.3 Å². The molecular weight excluding hydrogens is 306 g/mol. The molecule has 0 saturated heterocycles. The Labute approximate surface area is 140 Å². The van der Waals surface area contributed by atoms with Crippen molar-refractivity contribution in [2.24, 2.45) is 0 Å². The van der Waals surface area contributed by atoms with Crippen molar-refractivity contribution in [3.05, 3.63) is 65.2 Å². The predicted molar refractivity (Wildman–Crippen MR) is 89.5 cm³/mol. The van der Waals surface area contributed by atoms with Crippen molar-refractivity contribution in [3.63, 3.8) is 0 Å². The normalized spacial score (nSPS) is 10.2. The lowest BCUT2D eigenvalue weighted by Gasteiger charge is -2.09. The first-order valence-electron chi connectivity index (χ1n) is 7.22. The second-order valence-electron chi connectivity index (χ2n) is 4.84. The van der Waals surface area contributed by atoms with Crippen LogP contribution in [0.5, 0.6) is 11.5 Å². The summed E-state index contributed by atoms with van der Waals surface area (Å²) in [5.74, 6) is 0.648. The first-order chi connectivity index (χ1) is 11.7. The van der Waals surface area contributed by atoms with Crippen LogP contribution in [0.3, 0.4) is 0 Å². The highest BCUT2D eigenvalue weighted by molar-refractivity contribution is 5.87. The summed E-state index contributed by atoms with van der Waals surface area (Å²) < 4.78 is 15.7. The Hall–Kier alpha value is -3.26. The number of hydrogen-bond acceptors (Lipinski definition) is 5. The predicted octanol–water partition coefficient (Wildman–Crippen LogP) is 3.33. The summed E-state index contributed by atoms with van der Waals surface area (Å²) in [4.78, 5) is 11.9. The highest BCUT2D eigenvalue weighted by Gasteiger charge is 2.07. The molecule has 2 aromatic carbocycles. The van der Waals surface area contributed by atoms with Crippen molar-refractivity contribution in [1.82, 2.24) is 0 Å². The Morgan fingerprint density at radius 2 is 1.96 bits per heavy atom. The van der Waals surface area contributed by atoms with Crippen LogP contribution in [-0.4, -0.2) is 20.2 Å². The van der Waals surface area contributed by atoms with Gasteiger partial charge >= 0.3 is 5.97 Å². The van der Waals surface area contributed by atoms with Crippen LogP contribution in [-0.2, 0) is 16.1 Å². The molecule has 0 aliphatic carbocycles. The zero-order valence-corrected chi connectivity index (χ0v) is 13.5. The molecule has 122 valence electrons. The van der Waals surface area contributed by atoms with Crippen molar-refractivity contribution >= 4 is 12.0 Å². The number of nitrogens with zero attached hydrogens (tertiary/aromatic N) is 1. The number of para-hydroxylation sites is 1. The Morgan fingerprint density at radius 1 is 1.17 bits per heavy atom. The molecule has 0 bridgehead atoms. The maximum Gasteiger partial charge on any atom is 0.331 e. The molecule has 0 atom stereocenters. The SMILES string of the molecule is COc1cccc(/C=C/C(=O)OCc2cccc(C#N)c2)c1OC. The van der Waals surface area contributed by atoms with Crippen LogP contribution in [0.4, 0.5) is 0 Å². The third kappa shape index (κ3) is 4.37. The lowest BCUT2D eigenvalue weighted by atomic mass is 10.1. The average molecular weight is 323 g/mol. The van der Waals surface area contributed by atoms with Crippen molar-refractivity contribution in [2.45, 2.75) is 6.61 Å². The molecule has 0 spiro atoms. The zero-order valence-electron chi connectivity index (χ0n) is 13.5. The van der Waals surface area contributed by atoms with E-state index in [-0.39, 0.29) is 6.61 Å². The molecule has 2 aromatic rings. The van der Waals surface area contributed by atoms with E-state index in [2.05, 4.69) is 0 Å². The van der Waals surface area contributed by atoms with E-state index in [0.717, 1.165) is 5.56 Å². The molecule has 5 nitrogen and oxygen atoms in total. The molecule has 0 fully saturated rings. The highest BCUT2D eigenvalue weighted by atomic mass is 16.5. The topological polar surface area (TPSA) is 68.5 Å². The fraction of sp³-hybridized carbons (Fsp3) is 0.158. The summed E-state index contributed by atoms with van der Waals surface area (Å²) >= 11 is 0. The minimum Gasteiger partial charge on any atom is -0.493 e. The van der Waals surface area contributed by atoms with Crippen LogP contribution in [0.15, 0.2) is 48.5 Å². The van der Waals surface area contributed by atoms with E-state index in [4.69, 9.17) is 19.5 Å². The molecule has 0 saturated carbocycles. The molecule has 0 aliphatic rings. The van der Waals surface area contributed by atoms with Gasteiger partial charge in [-0.05, 0) is 29.8 Å². The number of benzene rings is 2. The number of ether oxygens (including phenoxy) is 3. The first kappa shape index (κ1) is 17.1.